The van der Waals surface area contributed by atoms with E-state index >= 15 is 0 Å². The summed E-state index contributed by atoms with van der Waals surface area (Å²) in [6.07, 6.45) is -1.41. The Bertz CT molecular complexity index is 1100. The van der Waals surface area contributed by atoms with Gasteiger partial charge in [0.25, 0.3) is 5.91 Å². The number of aliphatic hydroxyl groups excluding tert-OH is 1. The second-order valence-electron chi connectivity index (χ2n) is 9.99. The molecule has 2 aromatic rings. The molecular formula is C27H35N3O5S. The number of hydrogen-bond donors (Lipinski definition) is 4. The molecule has 194 valence electrons. The number of ketones is 1. The van der Waals surface area contributed by atoms with E-state index in [0.29, 0.717) is 23.3 Å². The Kier molecular flexibility index (Phi) is 8.81. The largest absolute Gasteiger partial charge is 0.508 e. The van der Waals surface area contributed by atoms with E-state index in [0.717, 1.165) is 0 Å². The molecule has 9 heteroatoms. The van der Waals surface area contributed by atoms with Gasteiger partial charge in [0.15, 0.2) is 5.78 Å². The lowest BCUT2D eigenvalue weighted by Crippen LogP contribution is -2.56. The first kappa shape index (κ1) is 27.7. The molecule has 1 aliphatic rings. The predicted octanol–water partition coefficient (Wildman–Crippen LogP) is 2.63. The second-order valence-corrected chi connectivity index (χ2v) is 11.0. The molecule has 4 atom stereocenters. The van der Waals surface area contributed by atoms with Crippen molar-refractivity contribution in [2.45, 2.75) is 57.8 Å². The highest BCUT2D eigenvalue weighted by Gasteiger charge is 2.44. The number of nitrogens with two attached hydrogens (primary N) is 1. The van der Waals surface area contributed by atoms with Crippen molar-refractivity contribution < 1.29 is 24.6 Å². The number of nitrogens with one attached hydrogen (secondary N) is 1. The van der Waals surface area contributed by atoms with Gasteiger partial charge >= 0.3 is 0 Å². The Balaban J connectivity index is 1.98. The molecule has 1 fully saturated rings. The topological polar surface area (TPSA) is 133 Å². The number of Topliss-reactive ketones (excluding diaryl/α,β-unsaturated/α-hetero) is 1. The number of carbonyl (C=O) groups excluding carboxylic acids is 3. The Morgan fingerprint density at radius 3 is 2.42 bits per heavy atom. The number of phenols is 1. The molecule has 0 radical (unpaired) electrons. The first-order chi connectivity index (χ1) is 17.0. The van der Waals surface area contributed by atoms with Crippen LogP contribution in [0.5, 0.6) is 5.75 Å². The Hall–Kier alpha value is -2.88. The number of rotatable bonds is 8. The highest BCUT2D eigenvalue weighted by atomic mass is 32.2. The molecule has 2 aromatic carbocycles. The van der Waals surface area contributed by atoms with Crippen LogP contribution in [0.1, 0.15) is 55.2 Å². The van der Waals surface area contributed by atoms with E-state index in [1.165, 1.54) is 22.7 Å². The lowest BCUT2D eigenvalue weighted by atomic mass is 9.81. The third-order valence-electron chi connectivity index (χ3n) is 6.20. The predicted molar refractivity (Wildman–Crippen MR) is 141 cm³/mol. The molecule has 3 rings (SSSR count). The number of aliphatic hydroxyl groups is 1. The molecule has 1 saturated heterocycles. The summed E-state index contributed by atoms with van der Waals surface area (Å²) in [4.78, 5) is 41.6. The van der Waals surface area contributed by atoms with Crippen LogP contribution in [-0.2, 0) is 16.0 Å². The van der Waals surface area contributed by atoms with Crippen molar-refractivity contribution in [1.82, 2.24) is 10.2 Å². The van der Waals surface area contributed by atoms with Crippen LogP contribution < -0.4 is 11.1 Å². The zero-order valence-corrected chi connectivity index (χ0v) is 21.9. The maximum Gasteiger partial charge on any atom is 0.253 e. The van der Waals surface area contributed by atoms with Crippen LogP contribution in [0.2, 0.25) is 0 Å². The molecule has 36 heavy (non-hydrogen) atoms. The molecule has 0 aliphatic carbocycles. The summed E-state index contributed by atoms with van der Waals surface area (Å²) in [6, 6.07) is 11.6. The van der Waals surface area contributed by atoms with Crippen LogP contribution in [0.25, 0.3) is 0 Å². The number of nitrogens with zero attached hydrogens (tertiary/aromatic N) is 1. The van der Waals surface area contributed by atoms with Crippen molar-refractivity contribution in [3.8, 4) is 5.75 Å². The van der Waals surface area contributed by atoms with Crippen LogP contribution in [0, 0.1) is 5.92 Å². The van der Waals surface area contributed by atoms with Gasteiger partial charge in [-0.1, -0.05) is 49.4 Å². The van der Waals surface area contributed by atoms with Crippen LogP contribution in [-0.4, -0.2) is 62.0 Å². The molecule has 5 N–H and O–H groups in total. The van der Waals surface area contributed by atoms with E-state index < -0.39 is 41.3 Å². The van der Waals surface area contributed by atoms with Gasteiger partial charge in [-0.2, -0.15) is 0 Å². The van der Waals surface area contributed by atoms with E-state index in [9.17, 15) is 24.6 Å². The first-order valence-corrected chi connectivity index (χ1v) is 13.2. The van der Waals surface area contributed by atoms with Crippen LogP contribution in [0.3, 0.4) is 0 Å². The van der Waals surface area contributed by atoms with Crippen molar-refractivity contribution in [3.05, 3.63) is 65.2 Å². The Morgan fingerprint density at radius 1 is 1.14 bits per heavy atom. The van der Waals surface area contributed by atoms with Gasteiger partial charge in [-0.15, -0.1) is 11.8 Å². The fourth-order valence-corrected chi connectivity index (χ4v) is 5.56. The SMILES string of the molecule is CCc1c(O)cccc1C(=O)C(C(O)C(=O)N1CSC[C@H]1C(=O)NC(C)(C)C)C(N)c1ccccc1. The monoisotopic (exact) mass is 513 g/mol. The van der Waals surface area contributed by atoms with Crippen LogP contribution in [0.15, 0.2) is 48.5 Å². The van der Waals surface area contributed by atoms with Gasteiger partial charge in [-0.3, -0.25) is 14.4 Å². The average molecular weight is 514 g/mol. The van der Waals surface area contributed by atoms with Crippen LogP contribution in [0.4, 0.5) is 0 Å². The van der Waals surface area contributed by atoms with Crippen LogP contribution >= 0.6 is 11.8 Å². The zero-order chi connectivity index (χ0) is 26.6. The van der Waals surface area contributed by atoms with E-state index in [1.807, 2.05) is 20.8 Å². The lowest BCUT2D eigenvalue weighted by molar-refractivity contribution is -0.147. The number of benzene rings is 2. The minimum Gasteiger partial charge on any atom is -0.508 e. The third kappa shape index (κ3) is 6.08. The average Bonchev–Trinajstić information content (AvgIpc) is 3.33. The maximum atomic E-state index is 13.8. The standard InChI is InChI=1S/C27H35N3O5S/c1-5-17-18(12-9-13-20(17)31)23(32)21(22(28)16-10-7-6-8-11-16)24(33)26(35)30-15-36-14-19(30)25(34)29-27(2,3)4/h6-13,19,21-22,24,31,33H,5,14-15,28H2,1-4H3,(H,29,34)/t19-,21?,22?,24?/m0/s1. The highest BCUT2D eigenvalue weighted by molar-refractivity contribution is 7.99. The van der Waals surface area contributed by atoms with E-state index in [2.05, 4.69) is 5.32 Å². The van der Waals surface area contributed by atoms with Gasteiger partial charge in [0.05, 0.1) is 11.8 Å². The summed E-state index contributed by atoms with van der Waals surface area (Å²) in [7, 11) is 0. The van der Waals surface area contributed by atoms with Crippen molar-refractivity contribution in [2.24, 2.45) is 11.7 Å². The van der Waals surface area contributed by atoms with Gasteiger partial charge in [-0.25, -0.2) is 0 Å². The zero-order valence-electron chi connectivity index (χ0n) is 21.1. The summed E-state index contributed by atoms with van der Waals surface area (Å²) in [5.74, 6) is -2.35. The third-order valence-corrected chi connectivity index (χ3v) is 7.22. The second kappa shape index (κ2) is 11.5. The molecule has 0 saturated carbocycles. The van der Waals surface area contributed by atoms with Crippen molar-refractivity contribution >= 4 is 29.4 Å². The van der Waals surface area contributed by atoms with Gasteiger partial charge in [0.2, 0.25) is 5.91 Å². The fraction of sp³-hybridized carbons (Fsp3) is 0.444. The smallest absolute Gasteiger partial charge is 0.253 e. The fourth-order valence-electron chi connectivity index (χ4n) is 4.40. The lowest BCUT2D eigenvalue weighted by Gasteiger charge is -2.33. The van der Waals surface area contributed by atoms with Crippen molar-refractivity contribution in [2.75, 3.05) is 11.6 Å². The van der Waals surface area contributed by atoms with E-state index in [-0.39, 0.29) is 23.1 Å². The summed E-state index contributed by atoms with van der Waals surface area (Å²) in [5, 5.41) is 24.6. The number of phenolic OH excluding ortho intramolecular Hbond substituents is 1. The molecule has 1 aliphatic heterocycles. The molecule has 0 aromatic heterocycles. The Morgan fingerprint density at radius 2 is 1.81 bits per heavy atom. The molecule has 0 bridgehead atoms. The number of hydrogen-bond acceptors (Lipinski definition) is 7. The summed E-state index contributed by atoms with van der Waals surface area (Å²) < 4.78 is 0. The molecular weight excluding hydrogens is 478 g/mol. The number of amides is 2. The Labute approximate surface area is 216 Å². The molecule has 8 nitrogen and oxygen atoms in total. The molecule has 2 amide bonds. The van der Waals surface area contributed by atoms with Crippen molar-refractivity contribution in [1.29, 1.82) is 0 Å². The summed E-state index contributed by atoms with van der Waals surface area (Å²) in [6.45, 7) is 7.35. The van der Waals surface area contributed by atoms with E-state index in [1.54, 1.807) is 49.4 Å². The first-order valence-electron chi connectivity index (χ1n) is 12.0. The van der Waals surface area contributed by atoms with Gasteiger partial charge in [-0.05, 0) is 38.8 Å². The highest BCUT2D eigenvalue weighted by Crippen LogP contribution is 2.32. The minimum absolute atomic E-state index is 0.0361. The summed E-state index contributed by atoms with van der Waals surface area (Å²) in [5.41, 5.74) is 7.25. The molecule has 1 heterocycles. The maximum absolute atomic E-state index is 13.8. The van der Waals surface area contributed by atoms with Gasteiger partial charge in [0, 0.05) is 28.5 Å². The van der Waals surface area contributed by atoms with Gasteiger partial charge < -0.3 is 26.2 Å². The number of thioether (sulfide) groups is 1. The van der Waals surface area contributed by atoms with Gasteiger partial charge in [0.1, 0.15) is 17.9 Å². The summed E-state index contributed by atoms with van der Waals surface area (Å²) >= 11 is 1.40. The quantitative estimate of drug-likeness (QED) is 0.399. The molecule has 0 spiro atoms. The van der Waals surface area contributed by atoms with E-state index in [4.69, 9.17) is 5.73 Å². The number of aromatic hydroxyl groups is 1. The minimum atomic E-state index is -1.79. The number of carbonyl (C=O) groups is 3. The normalized spacial score (nSPS) is 18.4. The van der Waals surface area contributed by atoms with Crippen molar-refractivity contribution in [3.63, 3.8) is 0 Å². The molecule has 3 unspecified atom stereocenters.